The summed E-state index contributed by atoms with van der Waals surface area (Å²) in [5, 5.41) is 2.51. The van der Waals surface area contributed by atoms with Crippen molar-refractivity contribution in [3.63, 3.8) is 0 Å². The van der Waals surface area contributed by atoms with E-state index in [9.17, 15) is 4.79 Å². The highest BCUT2D eigenvalue weighted by Crippen LogP contribution is 2.35. The molecule has 1 heterocycles. The highest BCUT2D eigenvalue weighted by molar-refractivity contribution is 7.54. The molecule has 1 rings (SSSR count). The number of amides is 1. The number of likely N-dealkylation sites (N-methyl/N-ethyl adjacent to an activating group) is 1. The van der Waals surface area contributed by atoms with Gasteiger partial charge in [-0.05, 0) is 12.8 Å². The molecule has 5 heteroatoms. The van der Waals surface area contributed by atoms with Gasteiger partial charge in [-0.2, -0.15) is 0 Å². The number of carbonyl (C=O) groups is 1. The SMILES string of the molecule is CCCC1P=C1OC(CC)OCC(=O)NC. The largest absolute Gasteiger partial charge is 0.357 e. The molecule has 1 amide bonds. The average molecular weight is 245 g/mol. The van der Waals surface area contributed by atoms with E-state index in [0.717, 1.165) is 11.9 Å². The van der Waals surface area contributed by atoms with Crippen LogP contribution in [0.15, 0.2) is 0 Å². The predicted molar refractivity (Wildman–Crippen MR) is 65.8 cm³/mol. The first-order valence-corrected chi connectivity index (χ1v) is 6.74. The van der Waals surface area contributed by atoms with Gasteiger partial charge in [0.15, 0.2) is 6.29 Å². The van der Waals surface area contributed by atoms with Crippen molar-refractivity contribution in [1.82, 2.24) is 5.32 Å². The minimum atomic E-state index is -0.276. The van der Waals surface area contributed by atoms with Gasteiger partial charge in [0.1, 0.15) is 6.61 Å². The number of ether oxygens (including phenoxy) is 2. The molecule has 1 N–H and O–H groups in total. The van der Waals surface area contributed by atoms with Crippen molar-refractivity contribution < 1.29 is 14.3 Å². The first-order valence-electron chi connectivity index (χ1n) is 5.77. The number of carbonyl (C=O) groups excluding carboxylic acids is 1. The van der Waals surface area contributed by atoms with E-state index in [1.807, 2.05) is 6.92 Å². The molecule has 0 aromatic heterocycles. The topological polar surface area (TPSA) is 47.6 Å². The van der Waals surface area contributed by atoms with Crippen molar-refractivity contribution in [3.8, 4) is 0 Å². The zero-order valence-corrected chi connectivity index (χ0v) is 11.0. The molecule has 4 nitrogen and oxygen atoms in total. The smallest absolute Gasteiger partial charge is 0.245 e. The lowest BCUT2D eigenvalue weighted by Gasteiger charge is -2.14. The monoisotopic (exact) mass is 245 g/mol. The van der Waals surface area contributed by atoms with Crippen LogP contribution in [0.4, 0.5) is 0 Å². The lowest BCUT2D eigenvalue weighted by molar-refractivity contribution is -0.138. The third kappa shape index (κ3) is 4.60. The van der Waals surface area contributed by atoms with Gasteiger partial charge in [-0.1, -0.05) is 28.5 Å². The molecule has 2 unspecified atom stereocenters. The Morgan fingerprint density at radius 2 is 2.31 bits per heavy atom. The van der Waals surface area contributed by atoms with Crippen LogP contribution in [0.1, 0.15) is 33.1 Å². The van der Waals surface area contributed by atoms with Crippen molar-refractivity contribution in [1.29, 1.82) is 0 Å². The summed E-state index contributed by atoms with van der Waals surface area (Å²) in [6, 6.07) is 0. The van der Waals surface area contributed by atoms with Crippen LogP contribution in [-0.4, -0.2) is 37.0 Å². The number of hydrogen-bond donors (Lipinski definition) is 1. The van der Waals surface area contributed by atoms with Gasteiger partial charge in [-0.15, -0.1) is 0 Å². The standard InChI is InChI=1S/C11H20NO3P/c1-4-6-8-11(16-8)15-10(5-2)14-7-9(13)12-3/h8,10H,4-7H2,1-3H3,(H,12,13). The molecular weight excluding hydrogens is 225 g/mol. The second kappa shape index (κ2) is 7.00. The normalized spacial score (nSPS) is 21.2. The van der Waals surface area contributed by atoms with Crippen molar-refractivity contribution in [2.24, 2.45) is 0 Å². The van der Waals surface area contributed by atoms with Crippen LogP contribution in [0, 0.1) is 0 Å². The molecule has 1 aliphatic heterocycles. The van der Waals surface area contributed by atoms with Gasteiger partial charge >= 0.3 is 0 Å². The first-order chi connectivity index (χ1) is 7.71. The second-order valence-electron chi connectivity index (χ2n) is 3.71. The van der Waals surface area contributed by atoms with Crippen molar-refractivity contribution in [2.45, 2.75) is 45.1 Å². The molecule has 0 fully saturated rings. The summed E-state index contributed by atoms with van der Waals surface area (Å²) >= 11 is 0. The van der Waals surface area contributed by atoms with Crippen molar-refractivity contribution >= 4 is 19.6 Å². The van der Waals surface area contributed by atoms with E-state index in [1.165, 1.54) is 21.0 Å². The third-order valence-corrected chi connectivity index (χ3v) is 3.52. The van der Waals surface area contributed by atoms with Gasteiger partial charge in [0.25, 0.3) is 0 Å². The van der Waals surface area contributed by atoms with Crippen LogP contribution >= 0.6 is 8.20 Å². The maximum atomic E-state index is 11.0. The van der Waals surface area contributed by atoms with E-state index in [-0.39, 0.29) is 18.8 Å². The molecule has 0 spiro atoms. The quantitative estimate of drug-likeness (QED) is 0.523. The summed E-state index contributed by atoms with van der Waals surface area (Å²) in [4.78, 5) is 11.0. The Hall–Kier alpha value is -0.440. The molecule has 0 aromatic rings. The minimum Gasteiger partial charge on any atom is -0.357 e. The first kappa shape index (κ1) is 13.6. The maximum Gasteiger partial charge on any atom is 0.245 e. The second-order valence-corrected chi connectivity index (χ2v) is 5.03. The molecular formula is C11H20NO3P. The number of rotatable bonds is 8. The molecule has 0 aliphatic carbocycles. The Balaban J connectivity index is 2.18. The fourth-order valence-electron chi connectivity index (χ4n) is 1.30. The van der Waals surface area contributed by atoms with Crippen LogP contribution in [-0.2, 0) is 14.3 Å². The lowest BCUT2D eigenvalue weighted by Crippen LogP contribution is -2.28. The highest BCUT2D eigenvalue weighted by atomic mass is 31.1. The van der Waals surface area contributed by atoms with Crippen molar-refractivity contribution in [3.05, 3.63) is 0 Å². The van der Waals surface area contributed by atoms with Gasteiger partial charge < -0.3 is 14.8 Å². The molecule has 16 heavy (non-hydrogen) atoms. The molecule has 1 aliphatic rings. The fraction of sp³-hybridized carbons (Fsp3) is 0.818. The minimum absolute atomic E-state index is 0.0671. The number of nitrogens with one attached hydrogen (secondary N) is 1. The van der Waals surface area contributed by atoms with E-state index in [0.29, 0.717) is 5.66 Å². The van der Waals surface area contributed by atoms with E-state index in [4.69, 9.17) is 9.47 Å². The van der Waals surface area contributed by atoms with E-state index >= 15 is 0 Å². The Labute approximate surface area is 98.5 Å². The molecule has 0 bridgehead atoms. The van der Waals surface area contributed by atoms with E-state index in [2.05, 4.69) is 12.2 Å². The van der Waals surface area contributed by atoms with E-state index < -0.39 is 0 Å². The van der Waals surface area contributed by atoms with Crippen LogP contribution in [0.25, 0.3) is 0 Å². The Bertz CT molecular complexity index is 268. The maximum absolute atomic E-state index is 11.0. The van der Waals surface area contributed by atoms with Crippen LogP contribution in [0.3, 0.4) is 0 Å². The van der Waals surface area contributed by atoms with Crippen LogP contribution < -0.4 is 5.32 Å². The average Bonchev–Trinajstić information content (AvgIpc) is 3.02. The summed E-state index contributed by atoms with van der Waals surface area (Å²) in [5.74, 6) is -0.120. The Morgan fingerprint density at radius 3 is 2.88 bits per heavy atom. The lowest BCUT2D eigenvalue weighted by atomic mass is 10.3. The molecule has 0 saturated heterocycles. The zero-order valence-electron chi connectivity index (χ0n) is 10.2. The molecule has 0 aromatic carbocycles. The molecule has 0 saturated carbocycles. The van der Waals surface area contributed by atoms with Gasteiger partial charge in [-0.3, -0.25) is 4.79 Å². The summed E-state index contributed by atoms with van der Waals surface area (Å²) in [6.45, 7) is 4.23. The van der Waals surface area contributed by atoms with Crippen LogP contribution in [0.2, 0.25) is 0 Å². The van der Waals surface area contributed by atoms with Gasteiger partial charge in [0.2, 0.25) is 5.91 Å². The summed E-state index contributed by atoms with van der Waals surface area (Å²) in [5.41, 5.74) is 1.72. The Kier molecular flexibility index (Phi) is 5.96. The third-order valence-electron chi connectivity index (χ3n) is 2.33. The summed E-state index contributed by atoms with van der Waals surface area (Å²) in [6.07, 6.45) is 2.85. The highest BCUT2D eigenvalue weighted by Gasteiger charge is 2.28. The van der Waals surface area contributed by atoms with Gasteiger partial charge in [0.05, 0.1) is 11.1 Å². The molecule has 0 radical (unpaired) electrons. The van der Waals surface area contributed by atoms with Crippen molar-refractivity contribution in [2.75, 3.05) is 13.7 Å². The van der Waals surface area contributed by atoms with E-state index in [1.54, 1.807) is 7.05 Å². The number of hydrogen-bond acceptors (Lipinski definition) is 3. The molecule has 2 atom stereocenters. The van der Waals surface area contributed by atoms with Gasteiger partial charge in [-0.25, -0.2) is 0 Å². The summed E-state index contributed by atoms with van der Waals surface area (Å²) < 4.78 is 11.0. The summed E-state index contributed by atoms with van der Waals surface area (Å²) in [7, 11) is 2.89. The zero-order chi connectivity index (χ0) is 12.0. The molecule has 92 valence electrons. The predicted octanol–water partition coefficient (Wildman–Crippen LogP) is 1.76. The van der Waals surface area contributed by atoms with Gasteiger partial charge in [0, 0.05) is 7.05 Å². The fourth-order valence-corrected chi connectivity index (χ4v) is 2.29. The van der Waals surface area contributed by atoms with Crippen LogP contribution in [0.5, 0.6) is 0 Å². The Morgan fingerprint density at radius 1 is 1.56 bits per heavy atom.